The highest BCUT2D eigenvalue weighted by atomic mass is 79.9. The van der Waals surface area contributed by atoms with Crippen LogP contribution in [0.2, 0.25) is 5.02 Å². The van der Waals surface area contributed by atoms with E-state index >= 15 is 0 Å². The molecule has 0 saturated carbocycles. The third-order valence-electron chi connectivity index (χ3n) is 2.36. The van der Waals surface area contributed by atoms with Crippen LogP contribution in [-0.4, -0.2) is 10.1 Å². The van der Waals surface area contributed by atoms with Gasteiger partial charge in [-0.1, -0.05) is 11.6 Å². The van der Waals surface area contributed by atoms with Crippen molar-refractivity contribution in [2.75, 3.05) is 5.73 Å². The highest BCUT2D eigenvalue weighted by Gasteiger charge is 2.18. The number of rotatable bonds is 2. The second-order valence-corrected chi connectivity index (χ2v) is 6.16. The molecule has 0 aliphatic heterocycles. The van der Waals surface area contributed by atoms with Gasteiger partial charge in [-0.05, 0) is 35.0 Å². The van der Waals surface area contributed by atoms with Gasteiger partial charge in [0, 0.05) is 26.0 Å². The van der Waals surface area contributed by atoms with E-state index in [1.54, 1.807) is 6.07 Å². The first kappa shape index (κ1) is 12.8. The molecule has 3 nitrogen and oxygen atoms in total. The van der Waals surface area contributed by atoms with E-state index in [9.17, 15) is 5.11 Å². The molecule has 1 unspecified atom stereocenters. The van der Waals surface area contributed by atoms with Crippen molar-refractivity contribution in [1.29, 1.82) is 0 Å². The van der Waals surface area contributed by atoms with E-state index in [0.717, 1.165) is 14.2 Å². The van der Waals surface area contributed by atoms with E-state index in [1.165, 1.54) is 17.5 Å². The largest absolute Gasteiger partial charge is 0.383 e. The van der Waals surface area contributed by atoms with Crippen molar-refractivity contribution in [2.24, 2.45) is 0 Å². The zero-order chi connectivity index (χ0) is 12.6. The molecule has 2 aromatic rings. The van der Waals surface area contributed by atoms with Crippen molar-refractivity contribution < 1.29 is 5.11 Å². The van der Waals surface area contributed by atoms with E-state index in [1.807, 2.05) is 13.0 Å². The molecular formula is C11H10BrClN2OS. The second kappa shape index (κ2) is 4.94. The quantitative estimate of drug-likeness (QED) is 0.884. The van der Waals surface area contributed by atoms with Gasteiger partial charge in [0.25, 0.3) is 0 Å². The van der Waals surface area contributed by atoms with Gasteiger partial charge >= 0.3 is 0 Å². The summed E-state index contributed by atoms with van der Waals surface area (Å²) in [4.78, 5) is 5.85. The second-order valence-electron chi connectivity index (χ2n) is 3.58. The number of hydrogen-bond acceptors (Lipinski definition) is 4. The lowest BCUT2D eigenvalue weighted by Gasteiger charge is -2.11. The molecule has 1 atom stereocenters. The summed E-state index contributed by atoms with van der Waals surface area (Å²) < 4.78 is 0.977. The van der Waals surface area contributed by atoms with Gasteiger partial charge in [-0.15, -0.1) is 11.3 Å². The van der Waals surface area contributed by atoms with Crippen molar-refractivity contribution in [2.45, 2.75) is 13.0 Å². The molecule has 6 heteroatoms. The van der Waals surface area contributed by atoms with E-state index in [-0.39, 0.29) is 0 Å². The van der Waals surface area contributed by atoms with Gasteiger partial charge in [-0.25, -0.2) is 4.98 Å². The minimum Gasteiger partial charge on any atom is -0.383 e. The third kappa shape index (κ3) is 2.63. The number of thiophene rings is 1. The van der Waals surface area contributed by atoms with Crippen LogP contribution in [0.3, 0.4) is 0 Å². The number of aliphatic hydroxyl groups is 1. The number of anilines is 1. The monoisotopic (exact) mass is 332 g/mol. The molecule has 2 aromatic heterocycles. The molecule has 0 spiro atoms. The lowest BCUT2D eigenvalue weighted by molar-refractivity contribution is 0.224. The summed E-state index contributed by atoms with van der Waals surface area (Å²) in [6.45, 7) is 1.98. The van der Waals surface area contributed by atoms with Gasteiger partial charge in [-0.3, -0.25) is 0 Å². The highest BCUT2D eigenvalue weighted by Crippen LogP contribution is 2.35. The lowest BCUT2D eigenvalue weighted by atomic mass is 10.1. The van der Waals surface area contributed by atoms with Crippen LogP contribution in [0, 0.1) is 6.92 Å². The predicted molar refractivity (Wildman–Crippen MR) is 74.5 cm³/mol. The van der Waals surface area contributed by atoms with E-state index < -0.39 is 6.10 Å². The fourth-order valence-electron chi connectivity index (χ4n) is 1.45. The molecule has 0 aliphatic carbocycles. The summed E-state index contributed by atoms with van der Waals surface area (Å²) >= 11 is 10.8. The Bertz CT molecular complexity index is 539. The summed E-state index contributed by atoms with van der Waals surface area (Å²) in [5.74, 6) is 0.295. The number of aryl methyl sites for hydroxylation is 1. The minimum atomic E-state index is -0.795. The van der Waals surface area contributed by atoms with Crippen molar-refractivity contribution in [1.82, 2.24) is 4.98 Å². The maximum Gasteiger partial charge on any atom is 0.129 e. The van der Waals surface area contributed by atoms with Crippen LogP contribution in [0.4, 0.5) is 5.82 Å². The highest BCUT2D eigenvalue weighted by molar-refractivity contribution is 9.10. The first-order valence-electron chi connectivity index (χ1n) is 4.84. The topological polar surface area (TPSA) is 59.1 Å². The number of hydrogen-bond donors (Lipinski definition) is 2. The average molecular weight is 334 g/mol. The smallest absolute Gasteiger partial charge is 0.129 e. The standard InChI is InChI=1S/C11H10BrClN2OS/c1-5-8(12)3-9(17-5)10(16)7-2-6(13)4-15-11(7)14/h2-4,10,16H,1H3,(H2,14,15). The van der Waals surface area contributed by atoms with E-state index in [4.69, 9.17) is 17.3 Å². The fraction of sp³-hybridized carbons (Fsp3) is 0.182. The molecule has 0 aliphatic rings. The summed E-state index contributed by atoms with van der Waals surface area (Å²) in [6, 6.07) is 3.52. The number of aromatic nitrogens is 1. The molecule has 2 heterocycles. The maximum absolute atomic E-state index is 10.2. The maximum atomic E-state index is 10.2. The Labute approximate surface area is 116 Å². The predicted octanol–water partition coefficient (Wildman–Crippen LogP) is 3.53. The van der Waals surface area contributed by atoms with Gasteiger partial charge in [0.1, 0.15) is 11.9 Å². The molecule has 0 amide bonds. The van der Waals surface area contributed by atoms with Gasteiger partial charge in [0.05, 0.1) is 5.02 Å². The number of nitrogens with zero attached hydrogens (tertiary/aromatic N) is 1. The first-order chi connectivity index (χ1) is 7.99. The molecule has 0 bridgehead atoms. The average Bonchev–Trinajstić information content (AvgIpc) is 2.62. The van der Waals surface area contributed by atoms with Crippen molar-refractivity contribution in [3.8, 4) is 0 Å². The number of aliphatic hydroxyl groups excluding tert-OH is 1. The van der Waals surface area contributed by atoms with E-state index in [0.29, 0.717) is 16.4 Å². The molecular weight excluding hydrogens is 324 g/mol. The van der Waals surface area contributed by atoms with Gasteiger partial charge in [-0.2, -0.15) is 0 Å². The van der Waals surface area contributed by atoms with Crippen molar-refractivity contribution >= 4 is 44.7 Å². The van der Waals surface area contributed by atoms with E-state index in [2.05, 4.69) is 20.9 Å². The molecule has 0 saturated heterocycles. The Morgan fingerprint density at radius 1 is 1.53 bits per heavy atom. The van der Waals surface area contributed by atoms with Crippen molar-refractivity contribution in [3.05, 3.63) is 43.1 Å². The number of nitrogens with two attached hydrogens (primary N) is 1. The number of halogens is 2. The molecule has 17 heavy (non-hydrogen) atoms. The number of nitrogen functional groups attached to an aromatic ring is 1. The Morgan fingerprint density at radius 3 is 2.82 bits per heavy atom. The number of pyridine rings is 1. The fourth-order valence-corrected chi connectivity index (χ4v) is 3.19. The molecule has 0 aromatic carbocycles. The van der Waals surface area contributed by atoms with Gasteiger partial charge in [0.2, 0.25) is 0 Å². The lowest BCUT2D eigenvalue weighted by Crippen LogP contribution is -2.04. The normalized spacial score (nSPS) is 12.7. The molecule has 0 radical (unpaired) electrons. The molecule has 90 valence electrons. The Morgan fingerprint density at radius 2 is 2.24 bits per heavy atom. The first-order valence-corrected chi connectivity index (χ1v) is 6.82. The van der Waals surface area contributed by atoms with Crippen LogP contribution in [0.5, 0.6) is 0 Å². The van der Waals surface area contributed by atoms with Crippen LogP contribution in [0.1, 0.15) is 21.4 Å². The summed E-state index contributed by atoms with van der Waals surface area (Å²) in [7, 11) is 0. The van der Waals surface area contributed by atoms with Gasteiger partial charge in [0.15, 0.2) is 0 Å². The van der Waals surface area contributed by atoms with Crippen LogP contribution in [-0.2, 0) is 0 Å². The molecule has 3 N–H and O–H groups in total. The Balaban J connectivity index is 2.42. The summed E-state index contributed by atoms with van der Waals surface area (Å²) in [5.41, 5.74) is 6.27. The molecule has 0 fully saturated rings. The molecule has 2 rings (SSSR count). The van der Waals surface area contributed by atoms with Crippen LogP contribution in [0.25, 0.3) is 0 Å². The van der Waals surface area contributed by atoms with Crippen LogP contribution >= 0.6 is 38.9 Å². The SMILES string of the molecule is Cc1sc(C(O)c2cc(Cl)cnc2N)cc1Br. The summed E-state index contributed by atoms with van der Waals surface area (Å²) in [6.07, 6.45) is 0.666. The van der Waals surface area contributed by atoms with Crippen LogP contribution in [0.15, 0.2) is 22.8 Å². The minimum absolute atomic E-state index is 0.295. The summed E-state index contributed by atoms with van der Waals surface area (Å²) in [5, 5.41) is 10.7. The van der Waals surface area contributed by atoms with Crippen LogP contribution < -0.4 is 5.73 Å². The van der Waals surface area contributed by atoms with Gasteiger partial charge < -0.3 is 10.8 Å². The Hall–Kier alpha value is -0.620. The zero-order valence-electron chi connectivity index (χ0n) is 8.95. The zero-order valence-corrected chi connectivity index (χ0v) is 12.1. The third-order valence-corrected chi connectivity index (χ3v) is 4.75. The Kier molecular flexibility index (Phi) is 3.73. The van der Waals surface area contributed by atoms with Crippen molar-refractivity contribution in [3.63, 3.8) is 0 Å².